The number of halogens is 1. The molecule has 1 aliphatic carbocycles. The summed E-state index contributed by atoms with van der Waals surface area (Å²) in [5, 5.41) is 4.54. The Hall–Kier alpha value is -0.530. The summed E-state index contributed by atoms with van der Waals surface area (Å²) in [6.45, 7) is 10.0. The molecule has 20 heavy (non-hydrogen) atoms. The molecule has 2 rings (SSSR count). The zero-order valence-corrected chi connectivity index (χ0v) is 14.0. The molecule has 1 saturated carbocycles. The molecular formula is C18H28ClN. The molecule has 3 atom stereocenters. The van der Waals surface area contributed by atoms with E-state index in [0.29, 0.717) is 12.0 Å². The van der Waals surface area contributed by atoms with Crippen molar-refractivity contribution in [3.05, 3.63) is 34.3 Å². The molecule has 0 aromatic heterocycles. The first-order valence-electron chi connectivity index (χ1n) is 7.96. The molecular weight excluding hydrogens is 266 g/mol. The quantitative estimate of drug-likeness (QED) is 0.808. The van der Waals surface area contributed by atoms with Gasteiger partial charge in [-0.2, -0.15) is 0 Å². The van der Waals surface area contributed by atoms with Gasteiger partial charge in [-0.1, -0.05) is 50.9 Å². The highest BCUT2D eigenvalue weighted by molar-refractivity contribution is 6.31. The van der Waals surface area contributed by atoms with Gasteiger partial charge in [0.1, 0.15) is 0 Å². The van der Waals surface area contributed by atoms with E-state index in [9.17, 15) is 0 Å². The van der Waals surface area contributed by atoms with E-state index < -0.39 is 0 Å². The van der Waals surface area contributed by atoms with Crippen molar-refractivity contribution in [2.45, 2.75) is 58.9 Å². The summed E-state index contributed by atoms with van der Waals surface area (Å²) in [6.07, 6.45) is 3.99. The minimum atomic E-state index is 0.566. The van der Waals surface area contributed by atoms with E-state index >= 15 is 0 Å². The van der Waals surface area contributed by atoms with Gasteiger partial charge in [0.05, 0.1) is 0 Å². The molecule has 1 aromatic carbocycles. The van der Waals surface area contributed by atoms with Crippen molar-refractivity contribution in [2.75, 3.05) is 6.54 Å². The van der Waals surface area contributed by atoms with E-state index in [-0.39, 0.29) is 0 Å². The molecule has 3 unspecified atom stereocenters. The van der Waals surface area contributed by atoms with Crippen molar-refractivity contribution in [1.82, 2.24) is 5.32 Å². The largest absolute Gasteiger partial charge is 0.314 e. The van der Waals surface area contributed by atoms with Crippen LogP contribution in [-0.4, -0.2) is 12.6 Å². The van der Waals surface area contributed by atoms with E-state index in [0.717, 1.165) is 23.4 Å². The molecule has 1 aromatic rings. The van der Waals surface area contributed by atoms with Crippen molar-refractivity contribution in [3.63, 3.8) is 0 Å². The second-order valence-corrected chi connectivity index (χ2v) is 7.26. The van der Waals surface area contributed by atoms with Gasteiger partial charge in [0.15, 0.2) is 0 Å². The van der Waals surface area contributed by atoms with Crippen LogP contribution in [0.5, 0.6) is 0 Å². The average molecular weight is 294 g/mol. The lowest BCUT2D eigenvalue weighted by atomic mass is 9.71. The van der Waals surface area contributed by atoms with Crippen molar-refractivity contribution in [3.8, 4) is 0 Å². The molecule has 0 amide bonds. The third-order valence-corrected chi connectivity index (χ3v) is 5.08. The van der Waals surface area contributed by atoms with Crippen molar-refractivity contribution < 1.29 is 0 Å². The summed E-state index contributed by atoms with van der Waals surface area (Å²) in [7, 11) is 0. The number of hydrogen-bond acceptors (Lipinski definition) is 1. The lowest BCUT2D eigenvalue weighted by molar-refractivity contribution is 0.238. The molecule has 1 aliphatic rings. The van der Waals surface area contributed by atoms with Crippen LogP contribution in [0.2, 0.25) is 5.02 Å². The molecule has 0 bridgehead atoms. The molecule has 0 saturated heterocycles. The smallest absolute Gasteiger partial charge is 0.0438 e. The van der Waals surface area contributed by atoms with E-state index in [4.69, 9.17) is 11.6 Å². The lowest BCUT2D eigenvalue weighted by Gasteiger charge is -2.36. The Labute approximate surface area is 129 Å². The van der Waals surface area contributed by atoms with E-state index in [1.54, 1.807) is 0 Å². The molecule has 0 spiro atoms. The summed E-state index contributed by atoms with van der Waals surface area (Å²) in [6, 6.07) is 7.22. The molecule has 2 heteroatoms. The lowest BCUT2D eigenvalue weighted by Crippen LogP contribution is -2.34. The third-order valence-electron chi connectivity index (χ3n) is 4.67. The minimum Gasteiger partial charge on any atom is -0.314 e. The topological polar surface area (TPSA) is 12.0 Å². The van der Waals surface area contributed by atoms with Crippen LogP contribution in [0.3, 0.4) is 0 Å². The molecule has 1 nitrogen and oxygen atoms in total. The maximum atomic E-state index is 6.33. The maximum absolute atomic E-state index is 6.33. The summed E-state index contributed by atoms with van der Waals surface area (Å²) in [5.41, 5.74) is 2.61. The van der Waals surface area contributed by atoms with Gasteiger partial charge >= 0.3 is 0 Å². The summed E-state index contributed by atoms with van der Waals surface area (Å²) < 4.78 is 0. The summed E-state index contributed by atoms with van der Waals surface area (Å²) in [4.78, 5) is 0. The summed E-state index contributed by atoms with van der Waals surface area (Å²) in [5.74, 6) is 2.23. The van der Waals surface area contributed by atoms with Crippen molar-refractivity contribution in [1.29, 1.82) is 0 Å². The average Bonchev–Trinajstić information content (AvgIpc) is 2.40. The van der Waals surface area contributed by atoms with Gasteiger partial charge in [-0.25, -0.2) is 0 Å². The van der Waals surface area contributed by atoms with Gasteiger partial charge in [0.2, 0.25) is 0 Å². The highest BCUT2D eigenvalue weighted by Crippen LogP contribution is 2.41. The van der Waals surface area contributed by atoms with E-state index in [1.807, 2.05) is 0 Å². The zero-order chi connectivity index (χ0) is 14.7. The van der Waals surface area contributed by atoms with Gasteiger partial charge in [-0.15, -0.1) is 0 Å². The Morgan fingerprint density at radius 1 is 1.30 bits per heavy atom. The maximum Gasteiger partial charge on any atom is 0.0438 e. The Balaban J connectivity index is 2.16. The normalized spacial score (nSPS) is 27.0. The van der Waals surface area contributed by atoms with Crippen LogP contribution in [-0.2, 0) is 0 Å². The predicted molar refractivity (Wildman–Crippen MR) is 88.6 cm³/mol. The van der Waals surface area contributed by atoms with Gasteiger partial charge in [0, 0.05) is 11.1 Å². The predicted octanol–water partition coefficient (Wildman–Crippen LogP) is 5.17. The Kier molecular flexibility index (Phi) is 5.51. The summed E-state index contributed by atoms with van der Waals surface area (Å²) >= 11 is 6.33. The monoisotopic (exact) mass is 293 g/mol. The standard InChI is InChI=1S/C18H28ClN/c1-12(2)20-11-16-7-5-13(3)9-17(16)15-8-6-14(4)18(19)10-15/h6,8,10,12-13,16-17,20H,5,7,9,11H2,1-4H3. The van der Waals surface area contributed by atoms with Crippen LogP contribution in [0.15, 0.2) is 18.2 Å². The van der Waals surface area contributed by atoms with Crippen LogP contribution in [0.4, 0.5) is 0 Å². The van der Waals surface area contributed by atoms with Crippen LogP contribution in [0.25, 0.3) is 0 Å². The van der Waals surface area contributed by atoms with Gasteiger partial charge in [-0.05, 0) is 61.3 Å². The second-order valence-electron chi connectivity index (χ2n) is 6.86. The molecule has 0 heterocycles. The van der Waals surface area contributed by atoms with Crippen molar-refractivity contribution in [2.24, 2.45) is 11.8 Å². The number of hydrogen-bond donors (Lipinski definition) is 1. The first-order valence-corrected chi connectivity index (χ1v) is 8.34. The zero-order valence-electron chi connectivity index (χ0n) is 13.2. The first-order chi connectivity index (χ1) is 9.47. The van der Waals surface area contributed by atoms with Gasteiger partial charge < -0.3 is 5.32 Å². The number of benzene rings is 1. The van der Waals surface area contributed by atoms with Crippen LogP contribution < -0.4 is 5.32 Å². The molecule has 0 aliphatic heterocycles. The number of rotatable bonds is 4. The van der Waals surface area contributed by atoms with Crippen LogP contribution in [0, 0.1) is 18.8 Å². The van der Waals surface area contributed by atoms with E-state index in [1.165, 1.54) is 30.4 Å². The first kappa shape index (κ1) is 15.9. The highest BCUT2D eigenvalue weighted by atomic mass is 35.5. The Bertz CT molecular complexity index is 441. The van der Waals surface area contributed by atoms with Gasteiger partial charge in [0.25, 0.3) is 0 Å². The second kappa shape index (κ2) is 6.95. The van der Waals surface area contributed by atoms with Crippen molar-refractivity contribution >= 4 is 11.6 Å². The molecule has 0 radical (unpaired) electrons. The van der Waals surface area contributed by atoms with Crippen LogP contribution >= 0.6 is 11.6 Å². The van der Waals surface area contributed by atoms with Gasteiger partial charge in [-0.3, -0.25) is 0 Å². The molecule has 1 N–H and O–H groups in total. The Morgan fingerprint density at radius 3 is 2.70 bits per heavy atom. The fourth-order valence-electron chi connectivity index (χ4n) is 3.32. The molecule has 112 valence electrons. The SMILES string of the molecule is Cc1ccc(C2CC(C)CCC2CNC(C)C)cc1Cl. The Morgan fingerprint density at radius 2 is 2.05 bits per heavy atom. The van der Waals surface area contributed by atoms with E-state index in [2.05, 4.69) is 51.2 Å². The number of aryl methyl sites for hydroxylation is 1. The molecule has 1 fully saturated rings. The third kappa shape index (κ3) is 3.99. The highest BCUT2D eigenvalue weighted by Gasteiger charge is 2.29. The fourth-order valence-corrected chi connectivity index (χ4v) is 3.51. The number of nitrogens with one attached hydrogen (secondary N) is 1. The fraction of sp³-hybridized carbons (Fsp3) is 0.667. The minimum absolute atomic E-state index is 0.566. The van der Waals surface area contributed by atoms with Crippen LogP contribution in [0.1, 0.15) is 57.1 Å².